The minimum Gasteiger partial charge on any atom is -0.465 e. The molecule has 1 saturated heterocycles. The normalized spacial score (nSPS) is 18.3. The number of rotatable bonds is 4. The third-order valence-corrected chi connectivity index (χ3v) is 3.58. The van der Waals surface area contributed by atoms with Crippen molar-refractivity contribution in [2.24, 2.45) is 11.0 Å². The maximum Gasteiger partial charge on any atom is 0.351 e. The largest absolute Gasteiger partial charge is 0.465 e. The second-order valence-corrected chi connectivity index (χ2v) is 4.84. The number of hydrogen-bond acceptors (Lipinski definition) is 6. The Morgan fingerprint density at radius 2 is 2.58 bits per heavy atom. The topological polar surface area (TPSA) is 108 Å². The minimum atomic E-state index is -0.510. The van der Waals surface area contributed by atoms with Crippen molar-refractivity contribution in [3.63, 3.8) is 0 Å². The molecule has 1 aliphatic rings. The first-order valence-electron chi connectivity index (χ1n) is 5.50. The van der Waals surface area contributed by atoms with Gasteiger partial charge in [0.05, 0.1) is 12.6 Å². The molecule has 0 bridgehead atoms. The van der Waals surface area contributed by atoms with Crippen LogP contribution in [0, 0.1) is 5.92 Å². The van der Waals surface area contributed by atoms with Crippen LogP contribution in [-0.4, -0.2) is 37.1 Å². The smallest absolute Gasteiger partial charge is 0.351 e. The molecule has 1 aromatic rings. The predicted molar refractivity (Wildman–Crippen MR) is 67.9 cm³/mol. The van der Waals surface area contributed by atoms with Gasteiger partial charge in [-0.3, -0.25) is 9.69 Å². The molecule has 0 spiro atoms. The Morgan fingerprint density at radius 3 is 3.26 bits per heavy atom. The van der Waals surface area contributed by atoms with E-state index in [4.69, 9.17) is 5.53 Å². The number of anilines is 1. The molecule has 1 aliphatic heterocycles. The Bertz CT molecular complexity index is 551. The summed E-state index contributed by atoms with van der Waals surface area (Å²) in [6.45, 7) is 0.655. The number of carbonyl (C=O) groups excluding carboxylic acids is 2. The van der Waals surface area contributed by atoms with Crippen molar-refractivity contribution in [2.45, 2.75) is 6.42 Å². The van der Waals surface area contributed by atoms with Crippen molar-refractivity contribution in [1.29, 1.82) is 0 Å². The highest BCUT2D eigenvalue weighted by Gasteiger charge is 2.34. The van der Waals surface area contributed by atoms with E-state index >= 15 is 0 Å². The summed E-state index contributed by atoms with van der Waals surface area (Å²) in [6.07, 6.45) is 0.289. The SMILES string of the molecule is COC(=O)c1scnc1N1CC(CN=[N+]=[N-])CC1=O. The molecule has 0 N–H and O–H groups in total. The molecule has 2 rings (SSSR count). The Balaban J connectivity index is 2.19. The first-order valence-corrected chi connectivity index (χ1v) is 6.38. The number of aromatic nitrogens is 1. The summed E-state index contributed by atoms with van der Waals surface area (Å²) in [7, 11) is 1.28. The van der Waals surface area contributed by atoms with E-state index in [1.807, 2.05) is 0 Å². The zero-order chi connectivity index (χ0) is 13.8. The highest BCUT2D eigenvalue weighted by Crippen LogP contribution is 2.29. The van der Waals surface area contributed by atoms with Crippen LogP contribution >= 0.6 is 11.3 Å². The van der Waals surface area contributed by atoms with E-state index in [0.717, 1.165) is 11.3 Å². The summed E-state index contributed by atoms with van der Waals surface area (Å²) in [6, 6.07) is 0. The molecule has 0 aromatic carbocycles. The average Bonchev–Trinajstić information content (AvgIpc) is 3.01. The number of nitrogens with zero attached hydrogens (tertiary/aromatic N) is 5. The molecule has 9 heteroatoms. The highest BCUT2D eigenvalue weighted by molar-refractivity contribution is 7.12. The predicted octanol–water partition coefficient (Wildman–Crippen LogP) is 1.59. The van der Waals surface area contributed by atoms with Crippen LogP contribution in [0.1, 0.15) is 16.1 Å². The minimum absolute atomic E-state index is 0.0457. The molecule has 100 valence electrons. The first-order chi connectivity index (χ1) is 9.17. The molecule has 0 radical (unpaired) electrons. The summed E-state index contributed by atoms with van der Waals surface area (Å²) in [5.74, 6) is -0.362. The van der Waals surface area contributed by atoms with Gasteiger partial charge in [-0.2, -0.15) is 0 Å². The van der Waals surface area contributed by atoms with Crippen molar-refractivity contribution in [3.8, 4) is 0 Å². The van der Waals surface area contributed by atoms with Gasteiger partial charge in [-0.25, -0.2) is 9.78 Å². The molecule has 1 atom stereocenters. The van der Waals surface area contributed by atoms with Gasteiger partial charge in [-0.1, -0.05) is 5.11 Å². The van der Waals surface area contributed by atoms with Gasteiger partial charge in [0.15, 0.2) is 10.7 Å². The monoisotopic (exact) mass is 281 g/mol. The quantitative estimate of drug-likeness (QED) is 0.361. The number of ether oxygens (including phenoxy) is 1. The molecule has 1 fully saturated rings. The van der Waals surface area contributed by atoms with Gasteiger partial charge in [0.25, 0.3) is 0 Å². The second-order valence-electron chi connectivity index (χ2n) is 3.98. The number of carbonyl (C=O) groups is 2. The average molecular weight is 281 g/mol. The molecule has 0 aliphatic carbocycles. The van der Waals surface area contributed by atoms with E-state index in [0.29, 0.717) is 17.2 Å². The van der Waals surface area contributed by atoms with Crippen LogP contribution in [0.2, 0.25) is 0 Å². The molecular weight excluding hydrogens is 270 g/mol. The van der Waals surface area contributed by atoms with Gasteiger partial charge >= 0.3 is 5.97 Å². The molecule has 19 heavy (non-hydrogen) atoms. The van der Waals surface area contributed by atoms with Gasteiger partial charge in [-0.15, -0.1) is 11.3 Å². The van der Waals surface area contributed by atoms with E-state index in [2.05, 4.69) is 19.7 Å². The molecular formula is C10H11N5O3S. The summed E-state index contributed by atoms with van der Waals surface area (Å²) in [5, 5.41) is 3.47. The van der Waals surface area contributed by atoms with Crippen molar-refractivity contribution >= 4 is 29.0 Å². The van der Waals surface area contributed by atoms with Crippen molar-refractivity contribution < 1.29 is 14.3 Å². The van der Waals surface area contributed by atoms with Gasteiger partial charge < -0.3 is 4.74 Å². The Labute approximate surface area is 112 Å². The lowest BCUT2D eigenvalue weighted by Crippen LogP contribution is -2.26. The fourth-order valence-corrected chi connectivity index (χ4v) is 2.63. The maximum absolute atomic E-state index is 11.9. The molecule has 0 saturated carbocycles. The first kappa shape index (κ1) is 13.3. The lowest BCUT2D eigenvalue weighted by atomic mass is 10.1. The summed E-state index contributed by atoms with van der Waals surface area (Å²) in [4.78, 5) is 31.9. The van der Waals surface area contributed by atoms with Gasteiger partial charge in [0.1, 0.15) is 0 Å². The maximum atomic E-state index is 11.9. The summed E-state index contributed by atoms with van der Waals surface area (Å²) < 4.78 is 4.65. The Kier molecular flexibility index (Phi) is 3.98. The third-order valence-electron chi connectivity index (χ3n) is 2.78. The zero-order valence-electron chi connectivity index (χ0n) is 10.1. The fraction of sp³-hybridized carbons (Fsp3) is 0.500. The fourth-order valence-electron chi connectivity index (χ4n) is 1.93. The molecule has 1 aromatic heterocycles. The van der Waals surface area contributed by atoms with Crippen molar-refractivity contribution in [3.05, 3.63) is 20.8 Å². The van der Waals surface area contributed by atoms with E-state index in [9.17, 15) is 9.59 Å². The lowest BCUT2D eigenvalue weighted by molar-refractivity contribution is -0.117. The molecule has 2 heterocycles. The van der Waals surface area contributed by atoms with Crippen LogP contribution in [0.25, 0.3) is 10.4 Å². The van der Waals surface area contributed by atoms with Crippen LogP contribution in [0.4, 0.5) is 5.82 Å². The van der Waals surface area contributed by atoms with E-state index in [-0.39, 0.29) is 24.8 Å². The number of methoxy groups -OCH3 is 1. The molecule has 1 unspecified atom stereocenters. The molecule has 8 nitrogen and oxygen atoms in total. The van der Waals surface area contributed by atoms with Gasteiger partial charge in [0.2, 0.25) is 5.91 Å². The molecule has 1 amide bonds. The van der Waals surface area contributed by atoms with Crippen LogP contribution < -0.4 is 4.90 Å². The van der Waals surface area contributed by atoms with Crippen molar-refractivity contribution in [2.75, 3.05) is 25.1 Å². The lowest BCUT2D eigenvalue weighted by Gasteiger charge is -2.14. The zero-order valence-corrected chi connectivity index (χ0v) is 11.0. The number of thiazole rings is 1. The standard InChI is InChI=1S/C10H11N5O3S/c1-18-10(17)8-9(12-5-19-8)15-4-6(2-7(15)16)3-13-14-11/h5-6H,2-4H2,1H3. The van der Waals surface area contributed by atoms with E-state index in [1.165, 1.54) is 17.5 Å². The van der Waals surface area contributed by atoms with Crippen LogP contribution in [0.15, 0.2) is 10.6 Å². The summed E-state index contributed by atoms with van der Waals surface area (Å²) >= 11 is 1.13. The number of amides is 1. The Hall–Kier alpha value is -2.12. The second kappa shape index (κ2) is 5.68. The highest BCUT2D eigenvalue weighted by atomic mass is 32.1. The van der Waals surface area contributed by atoms with E-state index in [1.54, 1.807) is 0 Å². The Morgan fingerprint density at radius 1 is 1.79 bits per heavy atom. The van der Waals surface area contributed by atoms with Crippen LogP contribution in [0.5, 0.6) is 0 Å². The van der Waals surface area contributed by atoms with Crippen LogP contribution in [-0.2, 0) is 9.53 Å². The van der Waals surface area contributed by atoms with Gasteiger partial charge in [0, 0.05) is 24.4 Å². The van der Waals surface area contributed by atoms with Gasteiger partial charge in [-0.05, 0) is 11.4 Å². The third kappa shape index (κ3) is 2.67. The number of azide groups is 1. The van der Waals surface area contributed by atoms with E-state index < -0.39 is 5.97 Å². The summed E-state index contributed by atoms with van der Waals surface area (Å²) in [5.41, 5.74) is 9.77. The number of hydrogen-bond donors (Lipinski definition) is 0. The van der Waals surface area contributed by atoms with Crippen LogP contribution in [0.3, 0.4) is 0 Å². The number of esters is 1. The van der Waals surface area contributed by atoms with Crippen molar-refractivity contribution in [1.82, 2.24) is 4.98 Å².